The van der Waals surface area contributed by atoms with Crippen LogP contribution in [0.1, 0.15) is 284 Å². The molecule has 2 unspecified atom stereocenters. The van der Waals surface area contributed by atoms with Gasteiger partial charge in [0.15, 0.2) is 0 Å². The van der Waals surface area contributed by atoms with Crippen molar-refractivity contribution in [3.8, 4) is 0 Å². The second-order valence-electron chi connectivity index (χ2n) is 19.0. The number of carbonyl (C=O) groups is 1. The molecule has 2 atom stereocenters. The van der Waals surface area contributed by atoms with Crippen molar-refractivity contribution >= 4 is 5.91 Å². The second-order valence-corrected chi connectivity index (χ2v) is 19.0. The number of aliphatic hydroxyl groups excluding tert-OH is 2. The molecule has 372 valence electrons. The molecule has 0 saturated carbocycles. The van der Waals surface area contributed by atoms with E-state index in [1.54, 1.807) is 6.08 Å². The minimum Gasteiger partial charge on any atom is -0.394 e. The average molecular weight is 893 g/mol. The summed E-state index contributed by atoms with van der Waals surface area (Å²) < 4.78 is 0. The number of allylic oxidation sites excluding steroid dienone is 11. The first-order valence-electron chi connectivity index (χ1n) is 28.2. The highest BCUT2D eigenvalue weighted by Gasteiger charge is 2.18. The van der Waals surface area contributed by atoms with E-state index in [4.69, 9.17) is 0 Å². The third-order valence-electron chi connectivity index (χ3n) is 12.7. The zero-order chi connectivity index (χ0) is 46.3. The fraction of sp³-hybridized carbons (Fsp3) is 0.783. The van der Waals surface area contributed by atoms with Gasteiger partial charge in [-0.05, 0) is 70.6 Å². The molecule has 3 N–H and O–H groups in total. The molecule has 0 aromatic carbocycles. The quantitative estimate of drug-likeness (QED) is 0.0421. The van der Waals surface area contributed by atoms with Crippen LogP contribution >= 0.6 is 0 Å². The molecule has 0 radical (unpaired) electrons. The van der Waals surface area contributed by atoms with Crippen LogP contribution in [0.4, 0.5) is 0 Å². The molecule has 0 spiro atoms. The maximum atomic E-state index is 12.5. The minimum atomic E-state index is -0.866. The van der Waals surface area contributed by atoms with Crippen molar-refractivity contribution in [2.75, 3.05) is 6.61 Å². The summed E-state index contributed by atoms with van der Waals surface area (Å²) in [5.41, 5.74) is 0. The Balaban J connectivity index is 3.54. The van der Waals surface area contributed by atoms with Gasteiger partial charge < -0.3 is 15.5 Å². The molecule has 0 aliphatic rings. The average Bonchev–Trinajstić information content (AvgIpc) is 3.30. The molecular formula is C60H109NO3. The van der Waals surface area contributed by atoms with Gasteiger partial charge in [-0.15, -0.1) is 0 Å². The summed E-state index contributed by atoms with van der Waals surface area (Å²) >= 11 is 0. The van der Waals surface area contributed by atoms with Gasteiger partial charge >= 0.3 is 0 Å². The number of unbranched alkanes of at least 4 members (excludes halogenated alkanes) is 34. The Morgan fingerprint density at radius 1 is 0.391 bits per heavy atom. The van der Waals surface area contributed by atoms with Crippen LogP contribution in [0.25, 0.3) is 0 Å². The second kappa shape index (κ2) is 55.2. The highest BCUT2D eigenvalue weighted by Crippen LogP contribution is 2.17. The topological polar surface area (TPSA) is 69.6 Å². The smallest absolute Gasteiger partial charge is 0.220 e. The summed E-state index contributed by atoms with van der Waals surface area (Å²) in [6, 6.07) is -0.643. The Hall–Kier alpha value is -2.17. The van der Waals surface area contributed by atoms with E-state index in [1.165, 1.54) is 205 Å². The summed E-state index contributed by atoms with van der Waals surface area (Å²) in [6.07, 6.45) is 79.2. The maximum Gasteiger partial charge on any atom is 0.220 e. The van der Waals surface area contributed by atoms with Gasteiger partial charge in [0.1, 0.15) is 0 Å². The van der Waals surface area contributed by atoms with Crippen molar-refractivity contribution in [2.24, 2.45) is 0 Å². The molecule has 64 heavy (non-hydrogen) atoms. The largest absolute Gasteiger partial charge is 0.394 e. The zero-order valence-corrected chi connectivity index (χ0v) is 42.8. The molecule has 4 heteroatoms. The van der Waals surface area contributed by atoms with Gasteiger partial charge in [-0.25, -0.2) is 0 Å². The van der Waals surface area contributed by atoms with Gasteiger partial charge in [0.05, 0.1) is 18.8 Å². The Bertz CT molecular complexity index is 1100. The Labute approximate surface area is 399 Å². The lowest BCUT2D eigenvalue weighted by Gasteiger charge is -2.19. The van der Waals surface area contributed by atoms with Crippen LogP contribution in [0.5, 0.6) is 0 Å². The van der Waals surface area contributed by atoms with Gasteiger partial charge in [-0.1, -0.05) is 279 Å². The zero-order valence-electron chi connectivity index (χ0n) is 42.8. The lowest BCUT2D eigenvalue weighted by atomic mass is 10.0. The first-order chi connectivity index (χ1) is 31.7. The summed E-state index contributed by atoms with van der Waals surface area (Å²) in [4.78, 5) is 12.5. The molecule has 0 aliphatic heterocycles. The summed E-state index contributed by atoms with van der Waals surface area (Å²) in [7, 11) is 0. The van der Waals surface area contributed by atoms with E-state index in [-0.39, 0.29) is 12.5 Å². The first kappa shape index (κ1) is 61.8. The van der Waals surface area contributed by atoms with Gasteiger partial charge in [-0.2, -0.15) is 0 Å². The predicted octanol–water partition coefficient (Wildman–Crippen LogP) is 18.6. The lowest BCUT2D eigenvalue weighted by Crippen LogP contribution is -2.45. The van der Waals surface area contributed by atoms with Crippen LogP contribution in [0.2, 0.25) is 0 Å². The number of nitrogens with one attached hydrogen (secondary N) is 1. The normalized spacial score (nSPS) is 13.4. The third-order valence-corrected chi connectivity index (χ3v) is 12.7. The van der Waals surface area contributed by atoms with Gasteiger partial charge in [0, 0.05) is 6.42 Å². The highest BCUT2D eigenvalue weighted by atomic mass is 16.3. The van der Waals surface area contributed by atoms with E-state index in [0.717, 1.165) is 57.8 Å². The van der Waals surface area contributed by atoms with E-state index in [2.05, 4.69) is 79.9 Å². The van der Waals surface area contributed by atoms with E-state index >= 15 is 0 Å². The monoisotopic (exact) mass is 892 g/mol. The predicted molar refractivity (Wildman–Crippen MR) is 285 cm³/mol. The summed E-state index contributed by atoms with van der Waals surface area (Å²) in [5, 5.41) is 23.2. The van der Waals surface area contributed by atoms with Crippen molar-refractivity contribution in [3.63, 3.8) is 0 Å². The van der Waals surface area contributed by atoms with Crippen molar-refractivity contribution < 1.29 is 15.0 Å². The van der Waals surface area contributed by atoms with Crippen molar-refractivity contribution in [2.45, 2.75) is 296 Å². The molecule has 0 aromatic rings. The Kier molecular flexibility index (Phi) is 53.3. The number of hydrogen-bond donors (Lipinski definition) is 3. The molecule has 0 aromatic heterocycles. The van der Waals surface area contributed by atoms with Crippen LogP contribution in [-0.4, -0.2) is 34.9 Å². The van der Waals surface area contributed by atoms with Crippen LogP contribution in [0.15, 0.2) is 72.9 Å². The van der Waals surface area contributed by atoms with Crippen LogP contribution in [0, 0.1) is 0 Å². The van der Waals surface area contributed by atoms with Crippen LogP contribution in [-0.2, 0) is 4.79 Å². The SMILES string of the molecule is CC/C=C\C/C=C\C/C=C\C/C=C\CCCCCCCCCCCCCCCCC(=O)NC(CO)C(O)/C=C/CC/C=C/CCCCCCCCCCCCCCCCCCCCC. The molecule has 0 aliphatic carbocycles. The van der Waals surface area contributed by atoms with E-state index in [1.807, 2.05) is 6.08 Å². The maximum absolute atomic E-state index is 12.5. The van der Waals surface area contributed by atoms with Gasteiger partial charge in [0.25, 0.3) is 0 Å². The van der Waals surface area contributed by atoms with Crippen LogP contribution < -0.4 is 5.32 Å². The number of hydrogen-bond acceptors (Lipinski definition) is 3. The Morgan fingerprint density at radius 2 is 0.703 bits per heavy atom. The molecular weight excluding hydrogens is 783 g/mol. The lowest BCUT2D eigenvalue weighted by molar-refractivity contribution is -0.123. The molecule has 0 heterocycles. The number of rotatable bonds is 51. The molecule has 1 amide bonds. The number of amides is 1. The van der Waals surface area contributed by atoms with Crippen molar-refractivity contribution in [3.05, 3.63) is 72.9 Å². The minimum absolute atomic E-state index is 0.0740. The van der Waals surface area contributed by atoms with E-state index in [9.17, 15) is 15.0 Å². The van der Waals surface area contributed by atoms with Crippen molar-refractivity contribution in [1.29, 1.82) is 0 Å². The Morgan fingerprint density at radius 3 is 1.09 bits per heavy atom. The van der Waals surface area contributed by atoms with E-state index in [0.29, 0.717) is 6.42 Å². The van der Waals surface area contributed by atoms with Crippen LogP contribution in [0.3, 0.4) is 0 Å². The summed E-state index contributed by atoms with van der Waals surface area (Å²) in [6.45, 7) is 4.21. The van der Waals surface area contributed by atoms with Crippen molar-refractivity contribution in [1.82, 2.24) is 5.32 Å². The third kappa shape index (κ3) is 50.8. The first-order valence-corrected chi connectivity index (χ1v) is 28.2. The molecule has 0 saturated heterocycles. The highest BCUT2D eigenvalue weighted by molar-refractivity contribution is 5.76. The van der Waals surface area contributed by atoms with Gasteiger partial charge in [-0.3, -0.25) is 4.79 Å². The molecule has 0 bridgehead atoms. The standard InChI is InChI=1S/C60H109NO3/c1-3-5-7-9-11-13-15-17-19-21-23-25-27-29-30-32-34-36-38-40-42-44-46-48-50-52-54-56-60(64)61-58(57-62)59(63)55-53-51-49-47-45-43-41-39-37-35-33-31-28-26-24-22-20-18-16-14-12-10-8-6-4-2/h5,7,11,13,17,19,23,25,45,47,53,55,58-59,62-63H,3-4,6,8-10,12,14-16,18,20-22,24,26-44,46,48-52,54,56-57H2,1-2H3,(H,61,64)/b7-5-,13-11-,19-17-,25-23-,47-45+,55-53+. The number of carbonyl (C=O) groups excluding carboxylic acids is 1. The molecule has 0 fully saturated rings. The fourth-order valence-electron chi connectivity index (χ4n) is 8.42. The fourth-order valence-corrected chi connectivity index (χ4v) is 8.42. The van der Waals surface area contributed by atoms with E-state index < -0.39 is 12.1 Å². The molecule has 0 rings (SSSR count). The summed E-state index contributed by atoms with van der Waals surface area (Å²) in [5.74, 6) is -0.0740. The number of aliphatic hydroxyl groups is 2. The van der Waals surface area contributed by atoms with Gasteiger partial charge in [0.2, 0.25) is 5.91 Å². The molecule has 4 nitrogen and oxygen atoms in total.